The number of hydrogen-bond donors (Lipinski definition) is 2. The van der Waals surface area contributed by atoms with Gasteiger partial charge in [-0.05, 0) is 135 Å². The highest BCUT2D eigenvalue weighted by atomic mass is 16.5. The van der Waals surface area contributed by atoms with Gasteiger partial charge in [0.15, 0.2) is 23.1 Å². The van der Waals surface area contributed by atoms with Crippen molar-refractivity contribution in [2.24, 2.45) is 11.8 Å². The van der Waals surface area contributed by atoms with Crippen molar-refractivity contribution in [3.8, 4) is 11.5 Å². The van der Waals surface area contributed by atoms with Gasteiger partial charge in [0.2, 0.25) is 0 Å². The number of esters is 2. The Morgan fingerprint density at radius 2 is 0.879 bits per heavy atom. The molecule has 4 N–H and O–H groups in total. The molecule has 0 heterocycles. The van der Waals surface area contributed by atoms with Crippen molar-refractivity contribution in [3.05, 3.63) is 117 Å². The number of fused-ring (bicyclic) bond motifs is 2. The molecule has 0 saturated heterocycles. The van der Waals surface area contributed by atoms with E-state index < -0.39 is 23.5 Å². The summed E-state index contributed by atoms with van der Waals surface area (Å²) >= 11 is 0. The SMILES string of the molecule is CCCCCC1CCC(c2ccc(C(=O)Oc3ccc4c(c3N)C(=O)c3ccc(OC(=O)c5ccc(C6CCC(CCCCC)CC6)cc5)c(N)c3C4=O)cc2)CC1. The number of anilines is 2. The second kappa shape index (κ2) is 18.6. The van der Waals surface area contributed by atoms with Gasteiger partial charge in [-0.15, -0.1) is 0 Å². The second-order valence-electron chi connectivity index (χ2n) is 16.9. The Kier molecular flexibility index (Phi) is 13.1. The van der Waals surface area contributed by atoms with Gasteiger partial charge in [-0.25, -0.2) is 9.59 Å². The van der Waals surface area contributed by atoms with E-state index in [1.165, 1.54) is 112 Å². The van der Waals surface area contributed by atoms with Crippen molar-refractivity contribution in [1.82, 2.24) is 0 Å². The number of ether oxygens (including phenoxy) is 2. The van der Waals surface area contributed by atoms with E-state index >= 15 is 0 Å². The Balaban J connectivity index is 0.978. The standard InChI is InChI=1S/C50H58N2O6/c1-3-5-7-9-31-11-15-33(16-12-31)35-19-23-37(24-20-35)49(55)57-41-29-27-39-43(45(41)51)47(53)40-28-30-42(46(52)44(40)48(39)54)58-50(56)38-25-21-36(22-26-38)34-17-13-32(14-18-34)10-8-6-4-2/h19-34H,3-18,51-52H2,1-2H3. The van der Waals surface area contributed by atoms with E-state index in [1.807, 2.05) is 24.3 Å². The first-order valence-corrected chi connectivity index (χ1v) is 21.7. The summed E-state index contributed by atoms with van der Waals surface area (Å²) in [7, 11) is 0. The molecule has 0 amide bonds. The van der Waals surface area contributed by atoms with Crippen LogP contribution in [0.15, 0.2) is 72.8 Å². The predicted molar refractivity (Wildman–Crippen MR) is 229 cm³/mol. The van der Waals surface area contributed by atoms with Crippen LogP contribution in [0.25, 0.3) is 0 Å². The van der Waals surface area contributed by atoms with Gasteiger partial charge in [-0.3, -0.25) is 9.59 Å². The molecule has 3 aliphatic rings. The normalized spacial score (nSPS) is 20.2. The molecule has 0 bridgehead atoms. The van der Waals surface area contributed by atoms with Crippen LogP contribution in [-0.2, 0) is 0 Å². The maximum atomic E-state index is 13.9. The third kappa shape index (κ3) is 8.91. The third-order valence-electron chi connectivity index (χ3n) is 13.1. The van der Waals surface area contributed by atoms with Crippen LogP contribution in [0.5, 0.6) is 11.5 Å². The number of unbranched alkanes of at least 4 members (excludes halogenated alkanes) is 4. The first-order chi connectivity index (χ1) is 28.2. The maximum absolute atomic E-state index is 13.9. The first kappa shape index (κ1) is 40.9. The molecule has 0 atom stereocenters. The smallest absolute Gasteiger partial charge is 0.343 e. The monoisotopic (exact) mass is 782 g/mol. The van der Waals surface area contributed by atoms with Crippen LogP contribution >= 0.6 is 0 Å². The average molecular weight is 783 g/mol. The fourth-order valence-electron chi connectivity index (χ4n) is 9.55. The van der Waals surface area contributed by atoms with Crippen molar-refractivity contribution in [2.75, 3.05) is 11.5 Å². The molecule has 0 aromatic heterocycles. The number of carbonyl (C=O) groups excluding carboxylic acids is 4. The molecule has 304 valence electrons. The van der Waals surface area contributed by atoms with Crippen LogP contribution in [0.1, 0.15) is 192 Å². The van der Waals surface area contributed by atoms with E-state index in [-0.39, 0.29) is 45.1 Å². The van der Waals surface area contributed by atoms with Crippen LogP contribution in [0, 0.1) is 11.8 Å². The Labute approximate surface area is 343 Å². The summed E-state index contributed by atoms with van der Waals surface area (Å²) < 4.78 is 11.4. The number of nitrogen functional groups attached to an aromatic ring is 2. The lowest BCUT2D eigenvalue weighted by Crippen LogP contribution is -2.25. The van der Waals surface area contributed by atoms with Crippen LogP contribution in [0.4, 0.5) is 11.4 Å². The largest absolute Gasteiger partial charge is 0.421 e. The minimum atomic E-state index is -0.613. The van der Waals surface area contributed by atoms with E-state index in [1.54, 1.807) is 24.3 Å². The molecule has 2 saturated carbocycles. The van der Waals surface area contributed by atoms with Gasteiger partial charge in [0, 0.05) is 11.1 Å². The summed E-state index contributed by atoms with van der Waals surface area (Å²) in [6.07, 6.45) is 20.0. The van der Waals surface area contributed by atoms with Crippen molar-refractivity contribution in [3.63, 3.8) is 0 Å². The molecular weight excluding hydrogens is 725 g/mol. The van der Waals surface area contributed by atoms with Gasteiger partial charge >= 0.3 is 11.9 Å². The fourth-order valence-corrected chi connectivity index (χ4v) is 9.55. The molecule has 0 unspecified atom stereocenters. The van der Waals surface area contributed by atoms with Crippen molar-refractivity contribution < 1.29 is 28.7 Å². The Hall–Kier alpha value is -5.24. The summed E-state index contributed by atoms with van der Waals surface area (Å²) in [5.41, 5.74) is 15.8. The molecule has 3 aliphatic carbocycles. The van der Waals surface area contributed by atoms with E-state index in [9.17, 15) is 19.2 Å². The lowest BCUT2D eigenvalue weighted by molar-refractivity contribution is 0.0725. The molecule has 7 rings (SSSR count). The molecule has 58 heavy (non-hydrogen) atoms. The molecule has 8 heteroatoms. The van der Waals surface area contributed by atoms with E-state index in [2.05, 4.69) is 13.8 Å². The topological polar surface area (TPSA) is 139 Å². The molecule has 0 spiro atoms. The minimum Gasteiger partial charge on any atom is -0.421 e. The highest BCUT2D eigenvalue weighted by molar-refractivity contribution is 6.32. The van der Waals surface area contributed by atoms with Gasteiger partial charge in [0.25, 0.3) is 0 Å². The Morgan fingerprint density at radius 1 is 0.517 bits per heavy atom. The maximum Gasteiger partial charge on any atom is 0.343 e. The number of nitrogens with two attached hydrogens (primary N) is 2. The van der Waals surface area contributed by atoms with Crippen molar-refractivity contribution in [2.45, 2.75) is 128 Å². The van der Waals surface area contributed by atoms with Crippen LogP contribution in [0.3, 0.4) is 0 Å². The summed E-state index contributed by atoms with van der Waals surface area (Å²) in [5, 5.41) is 0. The zero-order chi connectivity index (χ0) is 40.8. The summed E-state index contributed by atoms with van der Waals surface area (Å²) in [5.74, 6) is 0.283. The van der Waals surface area contributed by atoms with Crippen LogP contribution in [-0.4, -0.2) is 23.5 Å². The number of hydrogen-bond acceptors (Lipinski definition) is 8. The van der Waals surface area contributed by atoms with E-state index in [0.29, 0.717) is 23.0 Å². The number of carbonyl (C=O) groups is 4. The average Bonchev–Trinajstić information content (AvgIpc) is 3.25. The van der Waals surface area contributed by atoms with Crippen LogP contribution in [0.2, 0.25) is 0 Å². The van der Waals surface area contributed by atoms with Gasteiger partial charge in [0.05, 0.1) is 33.6 Å². The summed E-state index contributed by atoms with van der Waals surface area (Å²) in [6, 6.07) is 20.8. The number of ketones is 2. The zero-order valence-corrected chi connectivity index (χ0v) is 34.2. The predicted octanol–water partition coefficient (Wildman–Crippen LogP) is 11.8. The molecule has 0 radical (unpaired) electrons. The highest BCUT2D eigenvalue weighted by Gasteiger charge is 2.36. The van der Waals surface area contributed by atoms with Crippen LogP contribution < -0.4 is 20.9 Å². The number of benzene rings is 4. The second-order valence-corrected chi connectivity index (χ2v) is 16.9. The molecule has 2 fully saturated rings. The van der Waals surface area contributed by atoms with Gasteiger partial charge < -0.3 is 20.9 Å². The van der Waals surface area contributed by atoms with Gasteiger partial charge in [-0.2, -0.15) is 0 Å². The lowest BCUT2D eigenvalue weighted by Gasteiger charge is -2.29. The summed E-state index contributed by atoms with van der Waals surface area (Å²) in [6.45, 7) is 4.49. The quantitative estimate of drug-likeness (QED) is 0.0491. The zero-order valence-electron chi connectivity index (χ0n) is 34.2. The molecule has 4 aromatic carbocycles. The Bertz CT molecular complexity index is 1970. The van der Waals surface area contributed by atoms with Gasteiger partial charge in [0.1, 0.15) is 0 Å². The Morgan fingerprint density at radius 3 is 1.22 bits per heavy atom. The minimum absolute atomic E-state index is 0.0153. The highest BCUT2D eigenvalue weighted by Crippen LogP contribution is 2.42. The van der Waals surface area contributed by atoms with E-state index in [4.69, 9.17) is 20.9 Å². The molecule has 0 aliphatic heterocycles. The first-order valence-electron chi connectivity index (χ1n) is 21.7. The van der Waals surface area contributed by atoms with E-state index in [0.717, 1.165) is 37.5 Å². The molecular formula is C50H58N2O6. The fraction of sp³-hybridized carbons (Fsp3) is 0.440. The van der Waals surface area contributed by atoms with Crippen molar-refractivity contribution >= 4 is 34.9 Å². The summed E-state index contributed by atoms with van der Waals surface area (Å²) in [4.78, 5) is 54.2. The number of rotatable bonds is 14. The third-order valence-corrected chi connectivity index (χ3v) is 13.1. The lowest BCUT2D eigenvalue weighted by atomic mass is 9.77. The van der Waals surface area contributed by atoms with Gasteiger partial charge in [-0.1, -0.05) is 89.5 Å². The molecule has 4 aromatic rings. The van der Waals surface area contributed by atoms with Crippen molar-refractivity contribution in [1.29, 1.82) is 0 Å². The molecule has 8 nitrogen and oxygen atoms in total.